The number of hydrogen-bond donors (Lipinski definition) is 1. The third-order valence-corrected chi connectivity index (χ3v) is 4.06. The van der Waals surface area contributed by atoms with E-state index in [1.165, 1.54) is 17.3 Å². The van der Waals surface area contributed by atoms with Gasteiger partial charge < -0.3 is 5.32 Å². The third kappa shape index (κ3) is 3.27. The minimum atomic E-state index is -0.151. The Labute approximate surface area is 149 Å². The highest BCUT2D eigenvalue weighted by atomic mass is 16.1. The van der Waals surface area contributed by atoms with Crippen molar-refractivity contribution >= 4 is 16.8 Å². The molecule has 0 aliphatic carbocycles. The molecule has 0 bridgehead atoms. The van der Waals surface area contributed by atoms with Crippen LogP contribution in [0.1, 0.15) is 15.9 Å². The number of carbonyl (C=O) groups is 1. The molecule has 0 spiro atoms. The van der Waals surface area contributed by atoms with Crippen LogP contribution in [0.2, 0.25) is 0 Å². The van der Waals surface area contributed by atoms with Crippen molar-refractivity contribution in [2.45, 2.75) is 6.42 Å². The molecule has 3 aromatic heterocycles. The van der Waals surface area contributed by atoms with Crippen LogP contribution in [0.5, 0.6) is 0 Å². The second-order valence-corrected chi connectivity index (χ2v) is 5.74. The SMILES string of the molecule is O=C(NCCc1cccc2cccnc12)c1ccnc(-n2cncn2)c1. The van der Waals surface area contributed by atoms with Crippen molar-refractivity contribution in [2.24, 2.45) is 0 Å². The van der Waals surface area contributed by atoms with E-state index in [0.717, 1.165) is 16.5 Å². The normalized spacial score (nSPS) is 10.8. The Morgan fingerprint density at radius 1 is 1.08 bits per heavy atom. The molecule has 0 radical (unpaired) electrons. The van der Waals surface area contributed by atoms with E-state index in [2.05, 4.69) is 25.4 Å². The lowest BCUT2D eigenvalue weighted by molar-refractivity contribution is 0.0954. The molecular formula is C19H16N6O. The molecule has 0 fully saturated rings. The van der Waals surface area contributed by atoms with Crippen LogP contribution >= 0.6 is 0 Å². The lowest BCUT2D eigenvalue weighted by Gasteiger charge is -2.08. The van der Waals surface area contributed by atoms with E-state index in [0.29, 0.717) is 24.3 Å². The molecule has 1 aromatic carbocycles. The Balaban J connectivity index is 1.43. The first-order valence-corrected chi connectivity index (χ1v) is 8.23. The van der Waals surface area contributed by atoms with Crippen LogP contribution in [0.3, 0.4) is 0 Å². The quantitative estimate of drug-likeness (QED) is 0.600. The van der Waals surface area contributed by atoms with Crippen molar-refractivity contribution in [1.29, 1.82) is 0 Å². The van der Waals surface area contributed by atoms with Gasteiger partial charge in [-0.05, 0) is 30.2 Å². The predicted molar refractivity (Wildman–Crippen MR) is 96.9 cm³/mol. The number of amides is 1. The largest absolute Gasteiger partial charge is 0.352 e. The van der Waals surface area contributed by atoms with Crippen molar-refractivity contribution in [3.63, 3.8) is 0 Å². The summed E-state index contributed by atoms with van der Waals surface area (Å²) in [6.45, 7) is 0.523. The van der Waals surface area contributed by atoms with Crippen LogP contribution in [0.4, 0.5) is 0 Å². The minimum Gasteiger partial charge on any atom is -0.352 e. The maximum atomic E-state index is 12.4. The number of rotatable bonds is 5. The van der Waals surface area contributed by atoms with Crippen LogP contribution < -0.4 is 5.32 Å². The molecule has 7 nitrogen and oxygen atoms in total. The first-order valence-electron chi connectivity index (χ1n) is 8.23. The fourth-order valence-corrected chi connectivity index (χ4v) is 2.79. The van der Waals surface area contributed by atoms with E-state index in [9.17, 15) is 4.79 Å². The van der Waals surface area contributed by atoms with Gasteiger partial charge in [0.25, 0.3) is 5.91 Å². The van der Waals surface area contributed by atoms with E-state index in [-0.39, 0.29) is 5.91 Å². The summed E-state index contributed by atoms with van der Waals surface area (Å²) in [4.78, 5) is 24.9. The molecule has 0 saturated heterocycles. The molecule has 4 rings (SSSR count). The molecular weight excluding hydrogens is 328 g/mol. The van der Waals surface area contributed by atoms with Gasteiger partial charge in [0.15, 0.2) is 5.82 Å². The number of aromatic nitrogens is 5. The van der Waals surface area contributed by atoms with Gasteiger partial charge in [0.2, 0.25) is 0 Å². The zero-order valence-corrected chi connectivity index (χ0v) is 13.9. The number of hydrogen-bond acceptors (Lipinski definition) is 5. The molecule has 128 valence electrons. The van der Waals surface area contributed by atoms with Crippen LogP contribution in [-0.4, -0.2) is 37.2 Å². The van der Waals surface area contributed by atoms with Crippen molar-refractivity contribution in [3.8, 4) is 5.82 Å². The highest BCUT2D eigenvalue weighted by molar-refractivity contribution is 5.94. The molecule has 0 aliphatic rings. The number of nitrogens with zero attached hydrogens (tertiary/aromatic N) is 5. The fourth-order valence-electron chi connectivity index (χ4n) is 2.79. The number of fused-ring (bicyclic) bond motifs is 1. The summed E-state index contributed by atoms with van der Waals surface area (Å²) in [6, 6.07) is 13.4. The Bertz CT molecular complexity index is 1040. The van der Waals surface area contributed by atoms with Crippen molar-refractivity contribution in [1.82, 2.24) is 30.0 Å². The zero-order valence-electron chi connectivity index (χ0n) is 13.9. The van der Waals surface area contributed by atoms with E-state index in [4.69, 9.17) is 0 Å². The molecule has 4 aromatic rings. The van der Waals surface area contributed by atoms with Crippen molar-refractivity contribution in [3.05, 3.63) is 78.6 Å². The molecule has 26 heavy (non-hydrogen) atoms. The monoisotopic (exact) mass is 344 g/mol. The summed E-state index contributed by atoms with van der Waals surface area (Å²) in [5, 5.41) is 8.07. The lowest BCUT2D eigenvalue weighted by atomic mass is 10.1. The maximum Gasteiger partial charge on any atom is 0.251 e. The van der Waals surface area contributed by atoms with E-state index in [1.807, 2.05) is 30.3 Å². The molecule has 1 amide bonds. The van der Waals surface area contributed by atoms with Crippen LogP contribution in [0.15, 0.2) is 67.5 Å². The third-order valence-electron chi connectivity index (χ3n) is 4.06. The zero-order chi connectivity index (χ0) is 17.8. The summed E-state index contributed by atoms with van der Waals surface area (Å²) in [6.07, 6.45) is 7.04. The Kier molecular flexibility index (Phi) is 4.34. The molecule has 7 heteroatoms. The Morgan fingerprint density at radius 2 is 2.00 bits per heavy atom. The Morgan fingerprint density at radius 3 is 2.88 bits per heavy atom. The van der Waals surface area contributed by atoms with Gasteiger partial charge in [-0.15, -0.1) is 0 Å². The van der Waals surface area contributed by atoms with E-state index < -0.39 is 0 Å². The summed E-state index contributed by atoms with van der Waals surface area (Å²) < 4.78 is 1.51. The predicted octanol–water partition coefficient (Wildman–Crippen LogP) is 2.18. The first kappa shape index (κ1) is 15.9. The van der Waals surface area contributed by atoms with E-state index in [1.54, 1.807) is 24.5 Å². The van der Waals surface area contributed by atoms with Gasteiger partial charge in [-0.25, -0.2) is 14.6 Å². The topological polar surface area (TPSA) is 85.6 Å². The van der Waals surface area contributed by atoms with Crippen LogP contribution in [0.25, 0.3) is 16.7 Å². The van der Waals surface area contributed by atoms with Gasteiger partial charge >= 0.3 is 0 Å². The summed E-state index contributed by atoms with van der Waals surface area (Å²) in [5.74, 6) is 0.398. The lowest BCUT2D eigenvalue weighted by Crippen LogP contribution is -2.26. The summed E-state index contributed by atoms with van der Waals surface area (Å²) in [7, 11) is 0. The molecule has 0 saturated carbocycles. The smallest absolute Gasteiger partial charge is 0.251 e. The molecule has 3 heterocycles. The number of benzene rings is 1. The van der Waals surface area contributed by atoms with Crippen LogP contribution in [-0.2, 0) is 6.42 Å². The van der Waals surface area contributed by atoms with Crippen molar-refractivity contribution in [2.75, 3.05) is 6.54 Å². The summed E-state index contributed by atoms with van der Waals surface area (Å²) >= 11 is 0. The minimum absolute atomic E-state index is 0.151. The average molecular weight is 344 g/mol. The second kappa shape index (κ2) is 7.10. The van der Waals surface area contributed by atoms with Gasteiger partial charge in [0, 0.05) is 29.9 Å². The highest BCUT2D eigenvalue weighted by Crippen LogP contribution is 2.16. The number of nitrogens with one attached hydrogen (secondary N) is 1. The van der Waals surface area contributed by atoms with Gasteiger partial charge in [-0.3, -0.25) is 9.78 Å². The van der Waals surface area contributed by atoms with E-state index >= 15 is 0 Å². The maximum absolute atomic E-state index is 12.4. The van der Waals surface area contributed by atoms with Gasteiger partial charge in [-0.1, -0.05) is 24.3 Å². The van der Waals surface area contributed by atoms with Gasteiger partial charge in [0.1, 0.15) is 12.7 Å². The average Bonchev–Trinajstić information content (AvgIpc) is 3.23. The number of para-hydroxylation sites is 1. The fraction of sp³-hybridized carbons (Fsp3) is 0.105. The molecule has 0 atom stereocenters. The standard InChI is InChI=1S/C19H16N6O/c26-19(16-7-9-21-17(11-16)25-13-20-12-24-25)23-10-6-15-4-1-3-14-5-2-8-22-18(14)15/h1-5,7-9,11-13H,6,10H2,(H,23,26). The highest BCUT2D eigenvalue weighted by Gasteiger charge is 2.09. The van der Waals surface area contributed by atoms with Gasteiger partial charge in [-0.2, -0.15) is 5.10 Å². The number of pyridine rings is 2. The first-order chi connectivity index (χ1) is 12.8. The van der Waals surface area contributed by atoms with Crippen molar-refractivity contribution < 1.29 is 4.79 Å². The van der Waals surface area contributed by atoms with Gasteiger partial charge in [0.05, 0.1) is 5.52 Å². The molecule has 1 N–H and O–H groups in total. The molecule has 0 aliphatic heterocycles. The summed E-state index contributed by atoms with van der Waals surface area (Å²) in [5.41, 5.74) is 2.62. The van der Waals surface area contributed by atoms with Crippen LogP contribution in [0, 0.1) is 0 Å². The second-order valence-electron chi connectivity index (χ2n) is 5.74. The Hall–Kier alpha value is -3.61. The molecule has 0 unspecified atom stereocenters. The number of carbonyl (C=O) groups excluding carboxylic acids is 1.